The van der Waals surface area contributed by atoms with E-state index in [1.165, 1.54) is 116 Å². The van der Waals surface area contributed by atoms with E-state index in [9.17, 15) is 14.3 Å². The minimum absolute atomic E-state index is 0.0946. The van der Waals surface area contributed by atoms with Crippen molar-refractivity contribution in [2.45, 2.75) is 213 Å². The topological polar surface area (TPSA) is 117 Å². The lowest BCUT2D eigenvalue weighted by Crippen LogP contribution is -2.28. The minimum Gasteiger partial charge on any atom is -0.457 e. The van der Waals surface area contributed by atoms with Gasteiger partial charge in [-0.1, -0.05) is 177 Å². The van der Waals surface area contributed by atoms with Crippen LogP contribution in [0.15, 0.2) is 60.8 Å². The summed E-state index contributed by atoms with van der Waals surface area (Å²) in [4.78, 5) is 22.5. The van der Waals surface area contributed by atoms with Crippen molar-refractivity contribution in [3.63, 3.8) is 0 Å². The Balaban J connectivity index is 3.99. The maximum absolute atomic E-state index is 12.6. The molecule has 0 fully saturated rings. The lowest BCUT2D eigenvalue weighted by Gasteiger charge is -2.20. The van der Waals surface area contributed by atoms with Gasteiger partial charge in [0.05, 0.1) is 19.8 Å². The SMILES string of the molecule is CCCCC/C=C\C/C=C\CCCCCCCC(=O)OC(COCCCCCCCCCCC/C=C\C/C=C\C/C=C\CCCCCCC)COP(=O)(O)OCCN. The fourth-order valence-corrected chi connectivity index (χ4v) is 7.15. The molecule has 0 aliphatic rings. The minimum atomic E-state index is -4.29. The molecule has 58 heavy (non-hydrogen) atoms. The molecule has 9 heteroatoms. The Labute approximate surface area is 357 Å². The first kappa shape index (κ1) is 56.2. The zero-order valence-electron chi connectivity index (χ0n) is 37.5. The Bertz CT molecular complexity index is 1070. The molecule has 0 spiro atoms. The highest BCUT2D eigenvalue weighted by atomic mass is 31.2. The first-order chi connectivity index (χ1) is 28.4. The highest BCUT2D eigenvalue weighted by Gasteiger charge is 2.25. The summed E-state index contributed by atoms with van der Waals surface area (Å²) in [6.45, 7) is 4.85. The Hall–Kier alpha value is -1.80. The number of allylic oxidation sites excluding steroid dienone is 10. The average molecular weight is 836 g/mol. The van der Waals surface area contributed by atoms with E-state index in [2.05, 4.69) is 74.6 Å². The van der Waals surface area contributed by atoms with E-state index in [1.807, 2.05) is 0 Å². The van der Waals surface area contributed by atoms with E-state index in [0.29, 0.717) is 13.0 Å². The van der Waals surface area contributed by atoms with Gasteiger partial charge in [0.15, 0.2) is 0 Å². The zero-order chi connectivity index (χ0) is 42.3. The summed E-state index contributed by atoms with van der Waals surface area (Å²) in [5.41, 5.74) is 5.38. The molecule has 2 atom stereocenters. The van der Waals surface area contributed by atoms with Gasteiger partial charge in [-0.25, -0.2) is 4.57 Å². The molecule has 0 aliphatic carbocycles. The van der Waals surface area contributed by atoms with Crippen LogP contribution < -0.4 is 5.73 Å². The number of hydrogen-bond donors (Lipinski definition) is 2. The second kappa shape index (κ2) is 46.3. The van der Waals surface area contributed by atoms with Gasteiger partial charge in [0, 0.05) is 19.6 Å². The van der Waals surface area contributed by atoms with Crippen LogP contribution in [0.1, 0.15) is 206 Å². The van der Waals surface area contributed by atoms with E-state index in [4.69, 9.17) is 24.3 Å². The quantitative estimate of drug-likeness (QED) is 0.0269. The first-order valence-electron chi connectivity index (χ1n) is 23.8. The molecular weight excluding hydrogens is 746 g/mol. The first-order valence-corrected chi connectivity index (χ1v) is 25.3. The van der Waals surface area contributed by atoms with Crippen molar-refractivity contribution in [1.82, 2.24) is 0 Å². The van der Waals surface area contributed by atoms with Crippen molar-refractivity contribution >= 4 is 13.8 Å². The van der Waals surface area contributed by atoms with Crippen LogP contribution in [0.3, 0.4) is 0 Å². The molecule has 0 aromatic carbocycles. The molecule has 0 aromatic heterocycles. The number of carbonyl (C=O) groups is 1. The zero-order valence-corrected chi connectivity index (χ0v) is 38.4. The summed E-state index contributed by atoms with van der Waals surface area (Å²) >= 11 is 0. The number of hydrogen-bond acceptors (Lipinski definition) is 7. The molecule has 338 valence electrons. The molecular formula is C49H90NO7P. The highest BCUT2D eigenvalue weighted by Crippen LogP contribution is 2.43. The molecule has 3 N–H and O–H groups in total. The van der Waals surface area contributed by atoms with Crippen molar-refractivity contribution in [3.8, 4) is 0 Å². The molecule has 0 aromatic rings. The van der Waals surface area contributed by atoms with Crippen LogP contribution in [0, 0.1) is 0 Å². The van der Waals surface area contributed by atoms with Gasteiger partial charge in [-0.2, -0.15) is 0 Å². The lowest BCUT2D eigenvalue weighted by atomic mass is 10.1. The molecule has 0 aliphatic heterocycles. The predicted octanol–water partition coefficient (Wildman–Crippen LogP) is 14.5. The fraction of sp³-hybridized carbons (Fsp3) is 0.776. The molecule has 0 heterocycles. The number of esters is 1. The Morgan fingerprint density at radius 2 is 0.914 bits per heavy atom. The number of unbranched alkanes of at least 4 members (excludes halogenated alkanes) is 22. The molecule has 0 saturated carbocycles. The van der Waals surface area contributed by atoms with Crippen LogP contribution in [0.4, 0.5) is 0 Å². The summed E-state index contributed by atoms with van der Waals surface area (Å²) in [7, 11) is -4.29. The van der Waals surface area contributed by atoms with Gasteiger partial charge >= 0.3 is 13.8 Å². The Morgan fingerprint density at radius 3 is 1.40 bits per heavy atom. The molecule has 2 unspecified atom stereocenters. The molecule has 8 nitrogen and oxygen atoms in total. The summed E-state index contributed by atoms with van der Waals surface area (Å²) in [5, 5.41) is 0. The lowest BCUT2D eigenvalue weighted by molar-refractivity contribution is -0.154. The van der Waals surface area contributed by atoms with Gasteiger partial charge in [-0.15, -0.1) is 0 Å². The van der Waals surface area contributed by atoms with E-state index < -0.39 is 13.9 Å². The molecule has 0 bridgehead atoms. The van der Waals surface area contributed by atoms with E-state index in [-0.39, 0.29) is 32.3 Å². The van der Waals surface area contributed by atoms with Crippen molar-refractivity contribution in [2.75, 3.05) is 33.0 Å². The maximum atomic E-state index is 12.6. The summed E-state index contributed by atoms with van der Waals surface area (Å²) in [6, 6.07) is 0. The predicted molar refractivity (Wildman–Crippen MR) is 247 cm³/mol. The van der Waals surface area contributed by atoms with E-state index in [0.717, 1.165) is 70.6 Å². The summed E-state index contributed by atoms with van der Waals surface area (Å²) in [5.74, 6) is -0.347. The fourth-order valence-electron chi connectivity index (χ4n) is 6.39. The average Bonchev–Trinajstić information content (AvgIpc) is 3.21. The Morgan fingerprint density at radius 1 is 0.517 bits per heavy atom. The van der Waals surface area contributed by atoms with Gasteiger partial charge in [-0.3, -0.25) is 13.8 Å². The summed E-state index contributed by atoms with van der Waals surface area (Å²) < 4.78 is 33.5. The summed E-state index contributed by atoms with van der Waals surface area (Å²) in [6.07, 6.45) is 56.7. The third-order valence-corrected chi connectivity index (χ3v) is 10.9. The normalized spacial score (nSPS) is 13.9. The monoisotopic (exact) mass is 836 g/mol. The smallest absolute Gasteiger partial charge is 0.457 e. The van der Waals surface area contributed by atoms with Crippen LogP contribution in [0.5, 0.6) is 0 Å². The molecule has 0 rings (SSSR count). The second-order valence-electron chi connectivity index (χ2n) is 15.6. The van der Waals surface area contributed by atoms with Gasteiger partial charge in [0.2, 0.25) is 0 Å². The number of ether oxygens (including phenoxy) is 2. The number of carbonyl (C=O) groups excluding carboxylic acids is 1. The van der Waals surface area contributed by atoms with E-state index in [1.54, 1.807) is 0 Å². The van der Waals surface area contributed by atoms with Crippen LogP contribution in [-0.4, -0.2) is 49.9 Å². The van der Waals surface area contributed by atoms with Gasteiger partial charge in [0.25, 0.3) is 0 Å². The third-order valence-electron chi connectivity index (χ3n) is 9.91. The van der Waals surface area contributed by atoms with Crippen molar-refractivity contribution < 1.29 is 32.8 Å². The van der Waals surface area contributed by atoms with Crippen LogP contribution in [-0.2, 0) is 27.9 Å². The van der Waals surface area contributed by atoms with Gasteiger partial charge in [0.1, 0.15) is 6.10 Å². The number of phosphoric acid groups is 1. The number of rotatable bonds is 45. The highest BCUT2D eigenvalue weighted by molar-refractivity contribution is 7.47. The third kappa shape index (κ3) is 45.3. The van der Waals surface area contributed by atoms with Crippen LogP contribution in [0.2, 0.25) is 0 Å². The van der Waals surface area contributed by atoms with E-state index >= 15 is 0 Å². The second-order valence-corrected chi connectivity index (χ2v) is 17.1. The molecule has 0 saturated heterocycles. The molecule has 0 amide bonds. The van der Waals surface area contributed by atoms with Gasteiger partial charge < -0.3 is 20.1 Å². The van der Waals surface area contributed by atoms with Gasteiger partial charge in [-0.05, 0) is 83.5 Å². The molecule has 0 radical (unpaired) electrons. The van der Waals surface area contributed by atoms with Crippen molar-refractivity contribution in [2.24, 2.45) is 5.73 Å². The van der Waals surface area contributed by atoms with Crippen molar-refractivity contribution in [1.29, 1.82) is 0 Å². The number of phosphoric ester groups is 1. The Kier molecular flexibility index (Phi) is 44.8. The standard InChI is InChI=1S/C49H90NO7P/c1-3-5-7-9-11-13-15-17-19-20-21-22-23-24-25-26-27-29-31-33-35-37-39-41-44-54-46-48(47-56-58(52,53)55-45-43-50)57-49(51)42-40-38-36-34-32-30-28-18-16-14-12-10-8-6-4-2/h12,14-15,17-18,20-21,23-24,28,48H,3-11,13,16,19,22,25-27,29-47,50H2,1-2H3,(H,52,53)/b14-12-,17-15-,21-20-,24-23-,28-18-. The van der Waals surface area contributed by atoms with Crippen molar-refractivity contribution in [3.05, 3.63) is 60.8 Å². The van der Waals surface area contributed by atoms with Crippen LogP contribution >= 0.6 is 7.82 Å². The largest absolute Gasteiger partial charge is 0.472 e. The van der Waals surface area contributed by atoms with Crippen LogP contribution in [0.25, 0.3) is 0 Å². The number of nitrogens with two attached hydrogens (primary N) is 1. The maximum Gasteiger partial charge on any atom is 0.472 e.